The standard InChI is InChI=1S/C17H23N3O4.ClH/c1-11-15(18-8-10-23-11)17(22)20-13-6-4-12(5-7-13)19-16(21)14-3-2-9-24-14;/h4-7,11,14-15,18H,2-3,8-10H2,1H3,(H,19,21)(H,20,22);1H/t11-,14?,15+;/m1./s1. The SMILES string of the molecule is C[C@H]1OCCN[C@@H]1C(=O)Nc1ccc(NC(=O)C2CCCO2)cc1.Cl. The number of benzene rings is 1. The Morgan fingerprint density at radius 2 is 1.68 bits per heavy atom. The quantitative estimate of drug-likeness (QED) is 0.749. The Bertz CT molecular complexity index is 590. The summed E-state index contributed by atoms with van der Waals surface area (Å²) in [5.74, 6) is -0.250. The molecule has 3 rings (SSSR count). The first-order chi connectivity index (χ1) is 11.6. The molecule has 8 heteroatoms. The van der Waals surface area contributed by atoms with Crippen LogP contribution in [-0.2, 0) is 19.1 Å². The van der Waals surface area contributed by atoms with Gasteiger partial charge in [0.25, 0.3) is 5.91 Å². The van der Waals surface area contributed by atoms with Gasteiger partial charge >= 0.3 is 0 Å². The van der Waals surface area contributed by atoms with Crippen molar-refractivity contribution in [2.45, 2.75) is 38.0 Å². The molecule has 2 saturated heterocycles. The Morgan fingerprint density at radius 3 is 2.24 bits per heavy atom. The number of carbonyl (C=O) groups excluding carboxylic acids is 2. The molecule has 0 bridgehead atoms. The van der Waals surface area contributed by atoms with E-state index in [1.165, 1.54) is 0 Å². The third kappa shape index (κ3) is 5.15. The number of halogens is 1. The molecule has 138 valence electrons. The highest BCUT2D eigenvalue weighted by Gasteiger charge is 2.28. The van der Waals surface area contributed by atoms with Gasteiger partial charge in [-0.2, -0.15) is 0 Å². The van der Waals surface area contributed by atoms with E-state index in [0.717, 1.165) is 12.8 Å². The molecule has 1 aromatic rings. The largest absolute Gasteiger partial charge is 0.375 e. The van der Waals surface area contributed by atoms with E-state index in [9.17, 15) is 9.59 Å². The van der Waals surface area contributed by atoms with E-state index in [1.54, 1.807) is 24.3 Å². The summed E-state index contributed by atoms with van der Waals surface area (Å²) in [4.78, 5) is 24.3. The highest BCUT2D eigenvalue weighted by atomic mass is 35.5. The average molecular weight is 370 g/mol. The fourth-order valence-corrected chi connectivity index (χ4v) is 2.89. The lowest BCUT2D eigenvalue weighted by Gasteiger charge is -2.29. The maximum atomic E-state index is 12.3. The van der Waals surface area contributed by atoms with E-state index >= 15 is 0 Å². The van der Waals surface area contributed by atoms with Crippen LogP contribution in [0.5, 0.6) is 0 Å². The molecule has 0 spiro atoms. The molecule has 1 aromatic carbocycles. The molecule has 2 fully saturated rings. The van der Waals surface area contributed by atoms with Crippen molar-refractivity contribution in [1.29, 1.82) is 0 Å². The molecule has 2 heterocycles. The van der Waals surface area contributed by atoms with Crippen LogP contribution in [0.3, 0.4) is 0 Å². The Balaban J connectivity index is 0.00000225. The van der Waals surface area contributed by atoms with Gasteiger partial charge in [0.2, 0.25) is 5.91 Å². The number of hydrogen-bond donors (Lipinski definition) is 3. The van der Waals surface area contributed by atoms with Crippen LogP contribution in [0, 0.1) is 0 Å². The van der Waals surface area contributed by atoms with Crippen molar-refractivity contribution in [3.05, 3.63) is 24.3 Å². The molecule has 0 radical (unpaired) electrons. The molecule has 25 heavy (non-hydrogen) atoms. The zero-order valence-electron chi connectivity index (χ0n) is 14.1. The van der Waals surface area contributed by atoms with Crippen LogP contribution in [0.2, 0.25) is 0 Å². The molecule has 7 nitrogen and oxygen atoms in total. The van der Waals surface area contributed by atoms with Gasteiger partial charge in [0.15, 0.2) is 0 Å². The van der Waals surface area contributed by atoms with E-state index in [2.05, 4.69) is 16.0 Å². The molecular formula is C17H24ClN3O4. The van der Waals surface area contributed by atoms with Crippen LogP contribution in [-0.4, -0.2) is 49.8 Å². The van der Waals surface area contributed by atoms with Crippen LogP contribution >= 0.6 is 12.4 Å². The fraction of sp³-hybridized carbons (Fsp3) is 0.529. The summed E-state index contributed by atoms with van der Waals surface area (Å²) in [7, 11) is 0. The molecule has 0 saturated carbocycles. The first-order valence-electron chi connectivity index (χ1n) is 8.32. The van der Waals surface area contributed by atoms with Gasteiger partial charge in [-0.15, -0.1) is 12.4 Å². The fourth-order valence-electron chi connectivity index (χ4n) is 2.89. The summed E-state index contributed by atoms with van der Waals surface area (Å²) in [6.07, 6.45) is 1.15. The summed E-state index contributed by atoms with van der Waals surface area (Å²) in [6.45, 7) is 3.79. The zero-order chi connectivity index (χ0) is 16.9. The summed E-state index contributed by atoms with van der Waals surface area (Å²) < 4.78 is 10.8. The van der Waals surface area contributed by atoms with Crippen molar-refractivity contribution in [3.8, 4) is 0 Å². The number of rotatable bonds is 4. The number of hydrogen-bond acceptors (Lipinski definition) is 5. The van der Waals surface area contributed by atoms with Crippen molar-refractivity contribution in [2.24, 2.45) is 0 Å². The van der Waals surface area contributed by atoms with Gasteiger partial charge in [0.1, 0.15) is 12.1 Å². The lowest BCUT2D eigenvalue weighted by molar-refractivity contribution is -0.125. The molecule has 2 aliphatic rings. The molecule has 0 aromatic heterocycles. The van der Waals surface area contributed by atoms with E-state index in [0.29, 0.717) is 31.1 Å². The maximum Gasteiger partial charge on any atom is 0.253 e. The van der Waals surface area contributed by atoms with Gasteiger partial charge in [-0.1, -0.05) is 0 Å². The number of anilines is 2. The van der Waals surface area contributed by atoms with Crippen molar-refractivity contribution in [1.82, 2.24) is 5.32 Å². The Hall–Kier alpha value is -1.67. The van der Waals surface area contributed by atoms with Crippen LogP contribution < -0.4 is 16.0 Å². The van der Waals surface area contributed by atoms with Crippen LogP contribution in [0.4, 0.5) is 11.4 Å². The molecular weight excluding hydrogens is 346 g/mol. The van der Waals surface area contributed by atoms with Crippen LogP contribution in [0.1, 0.15) is 19.8 Å². The third-order valence-electron chi connectivity index (χ3n) is 4.24. The smallest absolute Gasteiger partial charge is 0.253 e. The molecule has 3 N–H and O–H groups in total. The minimum Gasteiger partial charge on any atom is -0.375 e. The van der Waals surface area contributed by atoms with Crippen molar-refractivity contribution >= 4 is 35.6 Å². The Morgan fingerprint density at radius 1 is 1.04 bits per heavy atom. The normalized spacial score (nSPS) is 25.7. The predicted octanol–water partition coefficient (Wildman–Crippen LogP) is 1.54. The number of nitrogens with one attached hydrogen (secondary N) is 3. The van der Waals surface area contributed by atoms with Gasteiger partial charge < -0.3 is 25.4 Å². The lowest BCUT2D eigenvalue weighted by atomic mass is 10.1. The van der Waals surface area contributed by atoms with Gasteiger partial charge in [0, 0.05) is 24.5 Å². The molecule has 0 aliphatic carbocycles. The summed E-state index contributed by atoms with van der Waals surface area (Å²) >= 11 is 0. The predicted molar refractivity (Wildman–Crippen MR) is 97.1 cm³/mol. The number of carbonyl (C=O) groups is 2. The van der Waals surface area contributed by atoms with E-state index < -0.39 is 0 Å². The molecule has 1 unspecified atom stereocenters. The van der Waals surface area contributed by atoms with E-state index in [1.807, 2.05) is 6.92 Å². The van der Waals surface area contributed by atoms with Crippen LogP contribution in [0.25, 0.3) is 0 Å². The van der Waals surface area contributed by atoms with Crippen molar-refractivity contribution in [3.63, 3.8) is 0 Å². The third-order valence-corrected chi connectivity index (χ3v) is 4.24. The molecule has 3 atom stereocenters. The number of amides is 2. The first kappa shape index (κ1) is 19.7. The van der Waals surface area contributed by atoms with E-state index in [-0.39, 0.29) is 42.5 Å². The Kier molecular flexibility index (Phi) is 7.19. The second-order valence-electron chi connectivity index (χ2n) is 6.07. The highest BCUT2D eigenvalue weighted by molar-refractivity contribution is 5.96. The highest BCUT2D eigenvalue weighted by Crippen LogP contribution is 2.18. The first-order valence-corrected chi connectivity index (χ1v) is 8.32. The topological polar surface area (TPSA) is 88.7 Å². The van der Waals surface area contributed by atoms with Gasteiger partial charge in [-0.3, -0.25) is 9.59 Å². The van der Waals surface area contributed by atoms with Crippen molar-refractivity contribution < 1.29 is 19.1 Å². The molecule has 2 aliphatic heterocycles. The van der Waals surface area contributed by atoms with Crippen molar-refractivity contribution in [2.75, 3.05) is 30.4 Å². The Labute approximate surface area is 153 Å². The zero-order valence-corrected chi connectivity index (χ0v) is 14.9. The van der Waals surface area contributed by atoms with Gasteiger partial charge in [-0.05, 0) is 44.0 Å². The number of morpholine rings is 1. The van der Waals surface area contributed by atoms with Gasteiger partial charge in [0.05, 0.1) is 12.7 Å². The summed E-state index contributed by atoms with van der Waals surface area (Å²) in [6, 6.07) is 6.68. The summed E-state index contributed by atoms with van der Waals surface area (Å²) in [5.41, 5.74) is 1.36. The minimum atomic E-state index is -0.363. The number of ether oxygens (including phenoxy) is 2. The molecule has 2 amide bonds. The van der Waals surface area contributed by atoms with E-state index in [4.69, 9.17) is 9.47 Å². The monoisotopic (exact) mass is 369 g/mol. The maximum absolute atomic E-state index is 12.3. The summed E-state index contributed by atoms with van der Waals surface area (Å²) in [5, 5.41) is 8.83. The van der Waals surface area contributed by atoms with Crippen LogP contribution in [0.15, 0.2) is 24.3 Å². The average Bonchev–Trinajstić information content (AvgIpc) is 3.11. The second kappa shape index (κ2) is 9.15. The second-order valence-corrected chi connectivity index (χ2v) is 6.07. The lowest BCUT2D eigenvalue weighted by Crippen LogP contribution is -2.53. The minimum absolute atomic E-state index is 0. The van der Waals surface area contributed by atoms with Gasteiger partial charge in [-0.25, -0.2) is 0 Å².